The Morgan fingerprint density at radius 1 is 1.32 bits per heavy atom. The summed E-state index contributed by atoms with van der Waals surface area (Å²) in [7, 11) is 1.93. The summed E-state index contributed by atoms with van der Waals surface area (Å²) in [6.07, 6.45) is 0.868. The van der Waals surface area contributed by atoms with Gasteiger partial charge in [-0.2, -0.15) is 5.10 Å². The molecule has 0 radical (unpaired) electrons. The molecule has 98 valence electrons. The molecule has 0 aliphatic heterocycles. The molecule has 0 saturated heterocycles. The third-order valence-corrected chi connectivity index (χ3v) is 3.69. The average molecular weight is 293 g/mol. The number of fused-ring (bicyclic) bond motifs is 1. The van der Waals surface area contributed by atoms with E-state index < -0.39 is 0 Å². The molecule has 3 rings (SSSR count). The van der Waals surface area contributed by atoms with E-state index >= 15 is 0 Å². The highest BCUT2D eigenvalue weighted by atomic mass is 35.5. The molecule has 4 nitrogen and oxygen atoms in total. The van der Waals surface area contributed by atoms with E-state index in [2.05, 4.69) is 17.0 Å². The Morgan fingerprint density at radius 2 is 2.00 bits per heavy atom. The second-order valence-electron chi connectivity index (χ2n) is 4.36. The Morgan fingerprint density at radius 3 is 2.63 bits per heavy atom. The molecule has 0 fully saturated rings. The first-order chi connectivity index (χ1) is 9.11. The van der Waals surface area contributed by atoms with Crippen LogP contribution in [0.1, 0.15) is 12.6 Å². The van der Waals surface area contributed by atoms with Crippen molar-refractivity contribution >= 4 is 35.0 Å². The fourth-order valence-corrected chi connectivity index (χ4v) is 2.71. The Kier molecular flexibility index (Phi) is 2.95. The molecule has 6 heteroatoms. The van der Waals surface area contributed by atoms with Crippen LogP contribution in [0.25, 0.3) is 16.9 Å². The van der Waals surface area contributed by atoms with Crippen LogP contribution in [0.2, 0.25) is 5.02 Å². The van der Waals surface area contributed by atoms with Crippen molar-refractivity contribution in [3.8, 4) is 5.69 Å². The van der Waals surface area contributed by atoms with E-state index in [0.717, 1.165) is 29.0 Å². The van der Waals surface area contributed by atoms with E-state index in [9.17, 15) is 0 Å². The molecule has 2 heterocycles. The van der Waals surface area contributed by atoms with Crippen molar-refractivity contribution in [2.45, 2.75) is 13.3 Å². The molecular weight excluding hydrogens is 280 g/mol. The number of nitrogens with zero attached hydrogens (tertiary/aromatic N) is 3. The minimum absolute atomic E-state index is 0.667. The van der Waals surface area contributed by atoms with E-state index in [-0.39, 0.29) is 0 Å². The van der Waals surface area contributed by atoms with E-state index in [0.29, 0.717) is 9.79 Å². The number of aromatic amines is 1. The van der Waals surface area contributed by atoms with Gasteiger partial charge in [-0.25, -0.2) is 4.68 Å². The van der Waals surface area contributed by atoms with E-state index in [1.807, 2.05) is 40.6 Å². The third kappa shape index (κ3) is 1.89. The van der Waals surface area contributed by atoms with Gasteiger partial charge in [0.1, 0.15) is 5.52 Å². The Labute approximate surface area is 120 Å². The van der Waals surface area contributed by atoms with Gasteiger partial charge in [0.25, 0.3) is 0 Å². The van der Waals surface area contributed by atoms with Gasteiger partial charge in [0.15, 0.2) is 10.4 Å². The maximum atomic E-state index is 5.93. The van der Waals surface area contributed by atoms with Gasteiger partial charge in [-0.3, -0.25) is 4.57 Å². The lowest BCUT2D eigenvalue weighted by molar-refractivity contribution is 0.748. The summed E-state index contributed by atoms with van der Waals surface area (Å²) in [5.41, 5.74) is 3.98. The second kappa shape index (κ2) is 4.51. The zero-order chi connectivity index (χ0) is 13.6. The second-order valence-corrected chi connectivity index (χ2v) is 5.19. The molecule has 0 aliphatic carbocycles. The standard InChI is InChI=1S/C13H13ClN4S/c1-3-10-11-12(17(2)16-10)18(13(19)15-11)9-6-4-8(14)5-7-9/h4-7H,3H2,1-2H3,(H,15,19). The lowest BCUT2D eigenvalue weighted by atomic mass is 10.3. The van der Waals surface area contributed by atoms with Crippen molar-refractivity contribution < 1.29 is 0 Å². The molecule has 0 amide bonds. The van der Waals surface area contributed by atoms with Gasteiger partial charge in [-0.15, -0.1) is 0 Å². The van der Waals surface area contributed by atoms with Crippen LogP contribution in [0.3, 0.4) is 0 Å². The highest BCUT2D eigenvalue weighted by Crippen LogP contribution is 2.23. The predicted molar refractivity (Wildman–Crippen MR) is 79.6 cm³/mol. The van der Waals surface area contributed by atoms with Crippen molar-refractivity contribution in [1.29, 1.82) is 0 Å². The Bertz CT molecular complexity index is 795. The highest BCUT2D eigenvalue weighted by molar-refractivity contribution is 7.71. The van der Waals surface area contributed by atoms with Crippen molar-refractivity contribution in [2.24, 2.45) is 7.05 Å². The number of hydrogen-bond acceptors (Lipinski definition) is 2. The minimum atomic E-state index is 0.667. The van der Waals surface area contributed by atoms with Gasteiger partial charge in [-0.05, 0) is 42.9 Å². The number of aryl methyl sites for hydroxylation is 2. The number of aromatic nitrogens is 4. The number of nitrogens with one attached hydrogen (secondary N) is 1. The molecule has 3 aromatic rings. The van der Waals surface area contributed by atoms with Crippen LogP contribution in [0.15, 0.2) is 24.3 Å². The molecule has 0 bridgehead atoms. The summed E-state index contributed by atoms with van der Waals surface area (Å²) in [5, 5.41) is 5.21. The molecule has 0 atom stereocenters. The van der Waals surface area contributed by atoms with Crippen molar-refractivity contribution in [1.82, 2.24) is 19.3 Å². The largest absolute Gasteiger partial charge is 0.327 e. The topological polar surface area (TPSA) is 38.5 Å². The van der Waals surface area contributed by atoms with Gasteiger partial charge >= 0.3 is 0 Å². The summed E-state index contributed by atoms with van der Waals surface area (Å²) in [6, 6.07) is 7.61. The normalized spacial score (nSPS) is 11.3. The molecule has 0 aliphatic rings. The zero-order valence-electron chi connectivity index (χ0n) is 10.6. The van der Waals surface area contributed by atoms with Crippen LogP contribution in [0, 0.1) is 4.77 Å². The number of benzene rings is 1. The first-order valence-electron chi connectivity index (χ1n) is 6.04. The van der Waals surface area contributed by atoms with Gasteiger partial charge in [0, 0.05) is 12.1 Å². The maximum Gasteiger partial charge on any atom is 0.184 e. The molecule has 19 heavy (non-hydrogen) atoms. The van der Waals surface area contributed by atoms with Crippen LogP contribution >= 0.6 is 23.8 Å². The van der Waals surface area contributed by atoms with Crippen molar-refractivity contribution in [3.63, 3.8) is 0 Å². The quantitative estimate of drug-likeness (QED) is 0.732. The fourth-order valence-electron chi connectivity index (χ4n) is 2.29. The van der Waals surface area contributed by atoms with Crippen LogP contribution in [0.4, 0.5) is 0 Å². The molecule has 0 unspecified atom stereocenters. The first kappa shape index (κ1) is 12.4. The van der Waals surface area contributed by atoms with Gasteiger partial charge in [0.2, 0.25) is 0 Å². The maximum absolute atomic E-state index is 5.93. The summed E-state index contributed by atoms with van der Waals surface area (Å²) in [6.45, 7) is 2.08. The summed E-state index contributed by atoms with van der Waals surface area (Å²) in [5.74, 6) is 0. The monoisotopic (exact) mass is 292 g/mol. The van der Waals surface area contributed by atoms with Gasteiger partial charge in [0.05, 0.1) is 11.4 Å². The molecule has 0 spiro atoms. The predicted octanol–water partition coefficient (Wildman–Crippen LogP) is 3.64. The SMILES string of the molecule is CCc1nn(C)c2c1[nH]c(=S)n2-c1ccc(Cl)cc1. The van der Waals surface area contributed by atoms with Crippen LogP contribution < -0.4 is 0 Å². The number of rotatable bonds is 2. The van der Waals surface area contributed by atoms with Crippen LogP contribution in [0.5, 0.6) is 0 Å². The first-order valence-corrected chi connectivity index (χ1v) is 6.83. The molecule has 2 aromatic heterocycles. The highest BCUT2D eigenvalue weighted by Gasteiger charge is 2.15. The third-order valence-electron chi connectivity index (χ3n) is 3.16. The minimum Gasteiger partial charge on any atom is -0.327 e. The Balaban J connectivity index is 2.34. The number of halogens is 1. The smallest absolute Gasteiger partial charge is 0.184 e. The molecule has 0 saturated carbocycles. The summed E-state index contributed by atoms with van der Waals surface area (Å²) < 4.78 is 4.50. The zero-order valence-corrected chi connectivity index (χ0v) is 12.2. The van der Waals surface area contributed by atoms with Gasteiger partial charge < -0.3 is 4.98 Å². The molecule has 1 aromatic carbocycles. The van der Waals surface area contributed by atoms with Gasteiger partial charge in [-0.1, -0.05) is 18.5 Å². The van der Waals surface area contributed by atoms with E-state index in [1.54, 1.807) is 0 Å². The number of hydrogen-bond donors (Lipinski definition) is 1. The van der Waals surface area contributed by atoms with E-state index in [1.165, 1.54) is 0 Å². The molecule has 1 N–H and O–H groups in total. The van der Waals surface area contributed by atoms with Crippen LogP contribution in [-0.2, 0) is 13.5 Å². The lowest BCUT2D eigenvalue weighted by Gasteiger charge is -2.04. The van der Waals surface area contributed by atoms with Crippen LogP contribution in [-0.4, -0.2) is 19.3 Å². The fraction of sp³-hybridized carbons (Fsp3) is 0.231. The summed E-state index contributed by atoms with van der Waals surface area (Å²) >= 11 is 11.4. The van der Waals surface area contributed by atoms with E-state index in [4.69, 9.17) is 23.8 Å². The lowest BCUT2D eigenvalue weighted by Crippen LogP contribution is -2.00. The molecular formula is C13H13ClN4S. The summed E-state index contributed by atoms with van der Waals surface area (Å²) in [4.78, 5) is 3.24. The van der Waals surface area contributed by atoms with Crippen molar-refractivity contribution in [2.75, 3.05) is 0 Å². The average Bonchev–Trinajstić information content (AvgIpc) is 2.88. The number of imidazole rings is 1. The van der Waals surface area contributed by atoms with Crippen molar-refractivity contribution in [3.05, 3.63) is 39.8 Å². The Hall–Kier alpha value is -1.59. The number of H-pyrrole nitrogens is 1.